The molecule has 0 saturated heterocycles. The molecule has 0 aliphatic carbocycles. The number of nitrogens with zero attached hydrogens (tertiary/aromatic N) is 2. The smallest absolute Gasteiger partial charge is 0.251 e. The summed E-state index contributed by atoms with van der Waals surface area (Å²) >= 11 is 0. The van der Waals surface area contributed by atoms with Gasteiger partial charge in [-0.3, -0.25) is 0 Å². The Bertz CT molecular complexity index is 122. The van der Waals surface area contributed by atoms with Gasteiger partial charge in [0.1, 0.15) is 0 Å². The van der Waals surface area contributed by atoms with E-state index in [9.17, 15) is 0 Å². The molecule has 1 radical (unpaired) electrons. The van der Waals surface area contributed by atoms with E-state index in [1.54, 1.807) is 4.92 Å². The molecule has 0 aromatic rings. The summed E-state index contributed by atoms with van der Waals surface area (Å²) in [6, 6.07) is 0.509. The van der Waals surface area contributed by atoms with Crippen molar-refractivity contribution in [1.29, 1.82) is 0 Å². The van der Waals surface area contributed by atoms with Crippen molar-refractivity contribution in [3.05, 3.63) is 0 Å². The summed E-state index contributed by atoms with van der Waals surface area (Å²) in [5.74, 6) is 0. The van der Waals surface area contributed by atoms with Crippen LogP contribution < -0.4 is 0 Å². The van der Waals surface area contributed by atoms with Crippen LogP contribution in [0.2, 0.25) is 0 Å². The summed E-state index contributed by atoms with van der Waals surface area (Å²) in [6.45, 7) is 4.15. The molecule has 2 nitrogen and oxygen atoms in total. The van der Waals surface area contributed by atoms with Crippen molar-refractivity contribution in [2.45, 2.75) is 26.3 Å². The molecule has 8 heavy (non-hydrogen) atoms. The molecule has 1 rings (SSSR count). The quantitative estimate of drug-likeness (QED) is 0.407. The van der Waals surface area contributed by atoms with E-state index in [4.69, 9.17) is 0 Å². The lowest BCUT2D eigenvalue weighted by atomic mass is 10.1. The largest absolute Gasteiger partial charge is 0.348 e. The summed E-state index contributed by atoms with van der Waals surface area (Å²) in [6.07, 6.45) is 1.07. The van der Waals surface area contributed by atoms with Gasteiger partial charge in [0.25, 0.3) is 7.98 Å². The summed E-state index contributed by atoms with van der Waals surface area (Å²) in [7, 11) is 3.71. The van der Waals surface area contributed by atoms with Crippen molar-refractivity contribution in [2.24, 2.45) is 5.10 Å². The van der Waals surface area contributed by atoms with Crippen molar-refractivity contribution >= 4 is 13.7 Å². The van der Waals surface area contributed by atoms with E-state index in [1.165, 1.54) is 5.71 Å². The van der Waals surface area contributed by atoms with E-state index in [0.717, 1.165) is 6.42 Å². The molecule has 1 heterocycles. The average molecular weight is 109 g/mol. The van der Waals surface area contributed by atoms with Crippen LogP contribution in [0.5, 0.6) is 0 Å². The lowest BCUT2D eigenvalue weighted by Gasteiger charge is -2.12. The monoisotopic (exact) mass is 109 g/mol. The summed E-state index contributed by atoms with van der Waals surface area (Å²) < 4.78 is 0. The predicted octanol–water partition coefficient (Wildman–Crippen LogP) is 0.272. The Balaban J connectivity index is 2.56. The van der Waals surface area contributed by atoms with Crippen LogP contribution in [-0.2, 0) is 0 Å². The Labute approximate surface area is 51.0 Å². The van der Waals surface area contributed by atoms with Crippen LogP contribution in [0.1, 0.15) is 20.3 Å². The highest BCUT2D eigenvalue weighted by molar-refractivity contribution is 6.06. The molecule has 0 saturated carbocycles. The zero-order valence-electron chi connectivity index (χ0n) is 5.39. The second kappa shape index (κ2) is 1.80. The first-order valence-electron chi connectivity index (χ1n) is 2.84. The number of hydrazone groups is 1. The van der Waals surface area contributed by atoms with E-state index in [1.807, 2.05) is 6.92 Å². The van der Waals surface area contributed by atoms with E-state index in [-0.39, 0.29) is 0 Å². The predicted molar refractivity (Wildman–Crippen MR) is 36.2 cm³/mol. The molecule has 3 heteroatoms. The number of hydrogen-bond donors (Lipinski definition) is 0. The lowest BCUT2D eigenvalue weighted by molar-refractivity contribution is 0.418. The molecule has 1 unspecified atom stereocenters. The van der Waals surface area contributed by atoms with Gasteiger partial charge < -0.3 is 4.92 Å². The Morgan fingerprint density at radius 3 is 2.62 bits per heavy atom. The maximum atomic E-state index is 4.11. The lowest BCUT2D eigenvalue weighted by Crippen LogP contribution is -2.19. The molecule has 0 aromatic carbocycles. The molecule has 0 N–H and O–H groups in total. The van der Waals surface area contributed by atoms with Crippen LogP contribution in [0.25, 0.3) is 0 Å². The van der Waals surface area contributed by atoms with Gasteiger partial charge in [0.15, 0.2) is 0 Å². The first-order chi connectivity index (χ1) is 3.70. The fraction of sp³-hybridized carbons (Fsp3) is 0.800. The second-order valence-electron chi connectivity index (χ2n) is 2.33. The first-order valence-corrected chi connectivity index (χ1v) is 2.84. The van der Waals surface area contributed by atoms with E-state index < -0.39 is 0 Å². The molecule has 0 bridgehead atoms. The number of rotatable bonds is 0. The Morgan fingerprint density at radius 1 is 1.88 bits per heavy atom. The Morgan fingerprint density at radius 2 is 2.50 bits per heavy atom. The Hall–Kier alpha value is -0.465. The van der Waals surface area contributed by atoms with Crippen LogP contribution in [0.3, 0.4) is 0 Å². The fourth-order valence-electron chi connectivity index (χ4n) is 0.892. The minimum Gasteiger partial charge on any atom is -0.348 e. The highest BCUT2D eigenvalue weighted by Crippen LogP contribution is 2.09. The zero-order valence-corrected chi connectivity index (χ0v) is 5.39. The standard InChI is InChI=1S/C5H10BN2/c1-4-3-5(2)8(6)7-4/h5-6H,3H2,1-2H3. The molecular weight excluding hydrogens is 98.9 g/mol. The minimum absolute atomic E-state index is 0.509. The molecule has 0 fully saturated rings. The molecule has 43 valence electrons. The normalized spacial score (nSPS) is 28.5. The molecule has 0 spiro atoms. The van der Waals surface area contributed by atoms with E-state index in [0.29, 0.717) is 6.04 Å². The van der Waals surface area contributed by atoms with Gasteiger partial charge in [-0.05, 0) is 13.8 Å². The maximum Gasteiger partial charge on any atom is 0.251 e. The molecular formula is C5H10BN2. The van der Waals surface area contributed by atoms with Crippen LogP contribution >= 0.6 is 0 Å². The third-order valence-electron chi connectivity index (χ3n) is 1.40. The van der Waals surface area contributed by atoms with Crippen molar-refractivity contribution < 1.29 is 0 Å². The van der Waals surface area contributed by atoms with Crippen molar-refractivity contribution in [2.75, 3.05) is 0 Å². The van der Waals surface area contributed by atoms with Gasteiger partial charge in [-0.1, -0.05) is 0 Å². The Kier molecular flexibility index (Phi) is 1.28. The van der Waals surface area contributed by atoms with Gasteiger partial charge in [0, 0.05) is 18.2 Å². The van der Waals surface area contributed by atoms with E-state index in [2.05, 4.69) is 20.0 Å². The van der Waals surface area contributed by atoms with Gasteiger partial charge in [-0.25, -0.2) is 5.10 Å². The zero-order chi connectivity index (χ0) is 6.15. The van der Waals surface area contributed by atoms with Gasteiger partial charge >= 0.3 is 0 Å². The molecule has 0 amide bonds. The van der Waals surface area contributed by atoms with Crippen LogP contribution in [0.15, 0.2) is 5.10 Å². The summed E-state index contributed by atoms with van der Waals surface area (Å²) in [5.41, 5.74) is 1.19. The van der Waals surface area contributed by atoms with Crippen LogP contribution in [0, 0.1) is 0 Å². The number of hydrogen-bond acceptors (Lipinski definition) is 2. The minimum atomic E-state index is 0.509. The topological polar surface area (TPSA) is 15.6 Å². The highest BCUT2D eigenvalue weighted by Gasteiger charge is 2.14. The highest BCUT2D eigenvalue weighted by atomic mass is 15.4. The van der Waals surface area contributed by atoms with Gasteiger partial charge in [-0.2, -0.15) is 0 Å². The van der Waals surface area contributed by atoms with Crippen molar-refractivity contribution in [3.8, 4) is 0 Å². The molecule has 1 atom stereocenters. The molecule has 1 aliphatic rings. The SMILES string of the molecule is [BH]N1N=C(C)CC1C. The first kappa shape index (κ1) is 5.67. The van der Waals surface area contributed by atoms with Crippen molar-refractivity contribution in [3.63, 3.8) is 0 Å². The third-order valence-corrected chi connectivity index (χ3v) is 1.40. The average Bonchev–Trinajstić information content (AvgIpc) is 1.85. The van der Waals surface area contributed by atoms with Gasteiger partial charge in [0.05, 0.1) is 0 Å². The summed E-state index contributed by atoms with van der Waals surface area (Å²) in [5, 5.41) is 4.11. The van der Waals surface area contributed by atoms with Crippen molar-refractivity contribution in [1.82, 2.24) is 4.92 Å². The van der Waals surface area contributed by atoms with Gasteiger partial charge in [0.2, 0.25) is 0 Å². The van der Waals surface area contributed by atoms with E-state index >= 15 is 0 Å². The maximum absolute atomic E-state index is 4.11. The van der Waals surface area contributed by atoms with Crippen LogP contribution in [-0.4, -0.2) is 24.7 Å². The molecule has 0 aromatic heterocycles. The second-order valence-corrected chi connectivity index (χ2v) is 2.33. The van der Waals surface area contributed by atoms with Crippen LogP contribution in [0.4, 0.5) is 0 Å². The van der Waals surface area contributed by atoms with Gasteiger partial charge in [-0.15, -0.1) is 0 Å². The fourth-order valence-corrected chi connectivity index (χ4v) is 0.892. The third kappa shape index (κ3) is 0.856. The molecule has 1 aliphatic heterocycles. The summed E-state index contributed by atoms with van der Waals surface area (Å²) in [4.78, 5) is 1.76.